The van der Waals surface area contributed by atoms with Crippen LogP contribution in [0.4, 0.5) is 0 Å². The van der Waals surface area contributed by atoms with E-state index in [0.717, 1.165) is 12.8 Å². The number of nitrogens with two attached hydrogens (primary N) is 1. The molecule has 2 aliphatic rings. The van der Waals surface area contributed by atoms with E-state index in [-0.39, 0.29) is 29.7 Å². The molecule has 6 nitrogen and oxygen atoms in total. The maximum absolute atomic E-state index is 13.5. The predicted molar refractivity (Wildman–Crippen MR) is 120 cm³/mol. The normalized spacial score (nSPS) is 21.5. The van der Waals surface area contributed by atoms with Gasteiger partial charge in [0.25, 0.3) is 5.56 Å². The van der Waals surface area contributed by atoms with Gasteiger partial charge in [-0.05, 0) is 43.0 Å². The van der Waals surface area contributed by atoms with Crippen LogP contribution in [-0.2, 0) is 4.74 Å². The van der Waals surface area contributed by atoms with E-state index in [9.17, 15) is 9.59 Å². The third-order valence-corrected chi connectivity index (χ3v) is 6.75. The van der Waals surface area contributed by atoms with Crippen LogP contribution >= 0.6 is 23.2 Å². The molecule has 31 heavy (non-hydrogen) atoms. The minimum absolute atomic E-state index is 0.159. The van der Waals surface area contributed by atoms with Crippen LogP contribution in [0.15, 0.2) is 47.3 Å². The highest BCUT2D eigenvalue weighted by molar-refractivity contribution is 6.39. The van der Waals surface area contributed by atoms with E-state index < -0.39 is 0 Å². The molecule has 8 heteroatoms. The summed E-state index contributed by atoms with van der Waals surface area (Å²) in [6.45, 7) is 0. The average molecular weight is 458 g/mol. The molecular formula is C23H21Cl2N3O3. The Labute approximate surface area is 188 Å². The predicted octanol–water partition coefficient (Wildman–Crippen LogP) is 4.67. The van der Waals surface area contributed by atoms with E-state index in [1.807, 2.05) is 6.07 Å². The molecule has 160 valence electrons. The van der Waals surface area contributed by atoms with Gasteiger partial charge < -0.3 is 10.5 Å². The maximum Gasteiger partial charge on any atom is 0.338 e. The third kappa shape index (κ3) is 3.73. The van der Waals surface area contributed by atoms with Crippen LogP contribution < -0.4 is 11.3 Å². The highest BCUT2D eigenvalue weighted by Crippen LogP contribution is 2.42. The number of rotatable bonds is 5. The standard InChI is InChI=1S/C23H21Cl2N3O3/c24-16-8-9-17(25)20-18(16)22(29)28(21(27-20)19(26)12-6-7-12)14-10-15(11-14)31-23(30)13-4-2-1-3-5-13/h1-5,8-9,12,14-15,19H,6-7,10-11,26H2/t14?,15?,19-/m0/s1. The topological polar surface area (TPSA) is 87.2 Å². The van der Waals surface area contributed by atoms with E-state index in [0.29, 0.717) is 51.1 Å². The minimum atomic E-state index is -0.363. The number of aromatic nitrogens is 2. The van der Waals surface area contributed by atoms with Gasteiger partial charge in [0.15, 0.2) is 0 Å². The molecule has 0 unspecified atom stereocenters. The quantitative estimate of drug-likeness (QED) is 0.562. The molecule has 3 aromatic rings. The fourth-order valence-corrected chi connectivity index (χ4v) is 4.57. The van der Waals surface area contributed by atoms with Gasteiger partial charge in [0.1, 0.15) is 11.9 Å². The van der Waals surface area contributed by atoms with Crippen LogP contribution in [0.3, 0.4) is 0 Å². The van der Waals surface area contributed by atoms with Gasteiger partial charge in [-0.25, -0.2) is 9.78 Å². The molecule has 0 aliphatic heterocycles. The molecule has 2 fully saturated rings. The molecule has 0 radical (unpaired) electrons. The first kappa shape index (κ1) is 20.5. The number of carbonyl (C=O) groups excluding carboxylic acids is 1. The molecule has 0 amide bonds. The van der Waals surface area contributed by atoms with E-state index in [2.05, 4.69) is 0 Å². The SMILES string of the molecule is N[C@H](c1nc2c(Cl)ccc(Cl)c2c(=O)n1C1CC(OC(=O)c2ccccc2)C1)C1CC1. The van der Waals surface area contributed by atoms with Crippen molar-refractivity contribution in [2.24, 2.45) is 11.7 Å². The first-order valence-corrected chi connectivity index (χ1v) is 11.1. The van der Waals surface area contributed by atoms with Crippen LogP contribution in [0.5, 0.6) is 0 Å². The number of halogens is 2. The molecule has 1 heterocycles. The Bertz CT molecular complexity index is 1220. The van der Waals surface area contributed by atoms with Gasteiger partial charge in [0, 0.05) is 18.9 Å². The molecule has 2 aromatic carbocycles. The van der Waals surface area contributed by atoms with Crippen molar-refractivity contribution < 1.29 is 9.53 Å². The molecule has 0 bridgehead atoms. The first-order chi connectivity index (χ1) is 14.9. The van der Waals surface area contributed by atoms with Crippen LogP contribution in [0.25, 0.3) is 10.9 Å². The number of ether oxygens (including phenoxy) is 1. The Balaban J connectivity index is 1.46. The summed E-state index contributed by atoms with van der Waals surface area (Å²) in [5.41, 5.74) is 7.11. The van der Waals surface area contributed by atoms with Gasteiger partial charge in [-0.15, -0.1) is 0 Å². The Kier molecular flexibility index (Phi) is 5.24. The maximum atomic E-state index is 13.5. The average Bonchev–Trinajstić information content (AvgIpc) is 3.58. The Hall–Kier alpha value is -2.41. The zero-order valence-electron chi connectivity index (χ0n) is 16.6. The van der Waals surface area contributed by atoms with Gasteiger partial charge >= 0.3 is 5.97 Å². The van der Waals surface area contributed by atoms with E-state index in [1.54, 1.807) is 41.0 Å². The Morgan fingerprint density at radius 1 is 1.10 bits per heavy atom. The minimum Gasteiger partial charge on any atom is -0.459 e. The molecule has 0 spiro atoms. The van der Waals surface area contributed by atoms with Crippen LogP contribution in [-0.4, -0.2) is 21.6 Å². The number of carbonyl (C=O) groups is 1. The molecular weight excluding hydrogens is 437 g/mol. The van der Waals surface area contributed by atoms with Crippen molar-refractivity contribution in [1.82, 2.24) is 9.55 Å². The third-order valence-electron chi connectivity index (χ3n) is 6.13. The lowest BCUT2D eigenvalue weighted by molar-refractivity contribution is -0.00927. The summed E-state index contributed by atoms with van der Waals surface area (Å²) in [6, 6.07) is 11.6. The number of benzene rings is 2. The van der Waals surface area contributed by atoms with Crippen molar-refractivity contribution in [1.29, 1.82) is 0 Å². The van der Waals surface area contributed by atoms with Gasteiger partial charge in [-0.1, -0.05) is 41.4 Å². The van der Waals surface area contributed by atoms with E-state index in [1.165, 1.54) is 0 Å². The fraction of sp³-hybridized carbons (Fsp3) is 0.348. The number of nitrogens with zero attached hydrogens (tertiary/aromatic N) is 2. The van der Waals surface area contributed by atoms with Crippen LogP contribution in [0.2, 0.25) is 10.0 Å². The lowest BCUT2D eigenvalue weighted by Gasteiger charge is -2.37. The Morgan fingerprint density at radius 3 is 2.45 bits per heavy atom. The highest BCUT2D eigenvalue weighted by Gasteiger charge is 2.39. The lowest BCUT2D eigenvalue weighted by Crippen LogP contribution is -2.42. The van der Waals surface area contributed by atoms with Crippen molar-refractivity contribution in [3.05, 3.63) is 74.3 Å². The molecule has 1 atom stereocenters. The second kappa shape index (κ2) is 7.93. The lowest BCUT2D eigenvalue weighted by atomic mass is 9.88. The molecule has 2 saturated carbocycles. The summed E-state index contributed by atoms with van der Waals surface area (Å²) in [7, 11) is 0. The Morgan fingerprint density at radius 2 is 1.77 bits per heavy atom. The summed E-state index contributed by atoms with van der Waals surface area (Å²) in [6.07, 6.45) is 2.81. The van der Waals surface area contributed by atoms with Crippen molar-refractivity contribution >= 4 is 40.1 Å². The van der Waals surface area contributed by atoms with Crippen molar-refractivity contribution in [3.63, 3.8) is 0 Å². The zero-order valence-corrected chi connectivity index (χ0v) is 18.1. The molecule has 2 aliphatic carbocycles. The van der Waals surface area contributed by atoms with Gasteiger partial charge in [-0.3, -0.25) is 9.36 Å². The highest BCUT2D eigenvalue weighted by atomic mass is 35.5. The van der Waals surface area contributed by atoms with Crippen LogP contribution in [0.1, 0.15) is 53.9 Å². The molecule has 1 aromatic heterocycles. The second-order valence-corrected chi connectivity index (χ2v) is 9.09. The zero-order chi connectivity index (χ0) is 21.7. The van der Waals surface area contributed by atoms with Crippen molar-refractivity contribution in [3.8, 4) is 0 Å². The number of hydrogen-bond acceptors (Lipinski definition) is 5. The molecule has 5 rings (SSSR count). The largest absolute Gasteiger partial charge is 0.459 e. The van der Waals surface area contributed by atoms with E-state index in [4.69, 9.17) is 38.7 Å². The summed E-state index contributed by atoms with van der Waals surface area (Å²) in [5, 5.41) is 0.977. The van der Waals surface area contributed by atoms with E-state index >= 15 is 0 Å². The molecule has 0 saturated heterocycles. The number of esters is 1. The number of hydrogen-bond donors (Lipinski definition) is 1. The first-order valence-electron chi connectivity index (χ1n) is 10.4. The van der Waals surface area contributed by atoms with Crippen molar-refractivity contribution in [2.75, 3.05) is 0 Å². The van der Waals surface area contributed by atoms with Crippen molar-refractivity contribution in [2.45, 2.75) is 43.9 Å². The summed E-state index contributed by atoms with van der Waals surface area (Å²) in [5.74, 6) is 0.472. The monoisotopic (exact) mass is 457 g/mol. The van der Waals surface area contributed by atoms with Gasteiger partial charge in [-0.2, -0.15) is 0 Å². The van der Waals surface area contributed by atoms with Gasteiger partial charge in [0.2, 0.25) is 0 Å². The van der Waals surface area contributed by atoms with Gasteiger partial charge in [0.05, 0.1) is 32.6 Å². The summed E-state index contributed by atoms with van der Waals surface area (Å²) in [4.78, 5) is 30.5. The number of fused-ring (bicyclic) bond motifs is 1. The smallest absolute Gasteiger partial charge is 0.338 e. The second-order valence-electron chi connectivity index (χ2n) is 8.28. The molecule has 2 N–H and O–H groups in total. The van der Waals surface area contributed by atoms with Crippen LogP contribution in [0, 0.1) is 5.92 Å². The summed E-state index contributed by atoms with van der Waals surface area (Å²) < 4.78 is 7.25. The fourth-order valence-electron chi connectivity index (χ4n) is 4.14. The summed E-state index contributed by atoms with van der Waals surface area (Å²) >= 11 is 12.7.